The fourth-order valence-electron chi connectivity index (χ4n) is 2.36. The number of hydrogen-bond acceptors (Lipinski definition) is 2. The Hall–Kier alpha value is -1.81. The van der Waals surface area contributed by atoms with E-state index in [2.05, 4.69) is 5.32 Å². The van der Waals surface area contributed by atoms with Gasteiger partial charge in [-0.3, -0.25) is 9.59 Å². The van der Waals surface area contributed by atoms with Gasteiger partial charge < -0.3 is 10.2 Å². The van der Waals surface area contributed by atoms with Crippen molar-refractivity contribution in [2.45, 2.75) is 39.3 Å². The Morgan fingerprint density at radius 1 is 1.36 bits per heavy atom. The molecule has 1 saturated heterocycles. The maximum Gasteiger partial charge on any atom is 0.245 e. The van der Waals surface area contributed by atoms with Crippen molar-refractivity contribution in [3.63, 3.8) is 0 Å². The molecule has 2 amide bonds. The van der Waals surface area contributed by atoms with Crippen LogP contribution in [-0.2, 0) is 16.1 Å². The van der Waals surface area contributed by atoms with Crippen LogP contribution >= 0.6 is 11.6 Å². The summed E-state index contributed by atoms with van der Waals surface area (Å²) in [5.41, 5.74) is 2.17. The van der Waals surface area contributed by atoms with Crippen molar-refractivity contribution in [3.05, 3.63) is 46.5 Å². The van der Waals surface area contributed by atoms with Crippen molar-refractivity contribution in [3.8, 4) is 0 Å². The first kappa shape index (κ1) is 16.6. The number of nitrogens with zero attached hydrogens (tertiary/aromatic N) is 1. The molecular formula is C17H21ClN2O2. The predicted octanol–water partition coefficient (Wildman–Crippen LogP) is 2.91. The van der Waals surface area contributed by atoms with Crippen LogP contribution in [0.25, 0.3) is 0 Å². The Morgan fingerprint density at radius 3 is 2.59 bits per heavy atom. The van der Waals surface area contributed by atoms with Gasteiger partial charge in [0.05, 0.1) is 0 Å². The number of amides is 2. The number of halogens is 1. The lowest BCUT2D eigenvalue weighted by atomic mass is 10.1. The van der Waals surface area contributed by atoms with Gasteiger partial charge in [-0.25, -0.2) is 0 Å². The summed E-state index contributed by atoms with van der Waals surface area (Å²) in [4.78, 5) is 25.7. The van der Waals surface area contributed by atoms with Gasteiger partial charge >= 0.3 is 0 Å². The molecule has 1 aliphatic rings. The molecule has 4 nitrogen and oxygen atoms in total. The molecule has 2 rings (SSSR count). The van der Waals surface area contributed by atoms with E-state index in [1.807, 2.05) is 44.2 Å². The average molecular weight is 321 g/mol. The number of carbonyl (C=O) groups excluding carboxylic acids is 2. The molecule has 1 heterocycles. The lowest BCUT2D eigenvalue weighted by Crippen LogP contribution is -2.44. The summed E-state index contributed by atoms with van der Waals surface area (Å²) in [5, 5.41) is 3.42. The molecule has 0 radical (unpaired) electrons. The van der Waals surface area contributed by atoms with E-state index in [4.69, 9.17) is 11.6 Å². The summed E-state index contributed by atoms with van der Waals surface area (Å²) >= 11 is 5.90. The molecule has 0 spiro atoms. The van der Waals surface area contributed by atoms with Crippen molar-refractivity contribution in [2.24, 2.45) is 0 Å². The average Bonchev–Trinajstić information content (AvgIpc) is 2.91. The number of benzene rings is 1. The molecule has 5 heteroatoms. The largest absolute Gasteiger partial charge is 0.344 e. The molecule has 0 saturated carbocycles. The van der Waals surface area contributed by atoms with Crippen LogP contribution in [0.1, 0.15) is 32.3 Å². The fraction of sp³-hybridized carbons (Fsp3) is 0.412. The number of allylic oxidation sites excluding steroid dienone is 1. The third kappa shape index (κ3) is 4.60. The molecule has 1 fully saturated rings. The van der Waals surface area contributed by atoms with Crippen molar-refractivity contribution >= 4 is 23.4 Å². The van der Waals surface area contributed by atoms with Gasteiger partial charge in [-0.2, -0.15) is 0 Å². The van der Waals surface area contributed by atoms with Gasteiger partial charge in [0.1, 0.15) is 6.04 Å². The smallest absolute Gasteiger partial charge is 0.245 e. The highest BCUT2D eigenvalue weighted by molar-refractivity contribution is 6.30. The van der Waals surface area contributed by atoms with Crippen LogP contribution < -0.4 is 5.32 Å². The zero-order valence-corrected chi connectivity index (χ0v) is 13.7. The molecule has 1 aliphatic heterocycles. The van der Waals surface area contributed by atoms with E-state index in [0.717, 1.165) is 11.1 Å². The summed E-state index contributed by atoms with van der Waals surface area (Å²) in [6.07, 6.45) is 3.02. The minimum absolute atomic E-state index is 0.0294. The second kappa shape index (κ2) is 7.45. The molecule has 0 aromatic heterocycles. The summed E-state index contributed by atoms with van der Waals surface area (Å²) in [6, 6.07) is 7.07. The predicted molar refractivity (Wildman–Crippen MR) is 87.5 cm³/mol. The second-order valence-electron chi connectivity index (χ2n) is 5.79. The number of rotatable bonds is 5. The van der Waals surface area contributed by atoms with Crippen LogP contribution in [0.2, 0.25) is 5.02 Å². The number of nitrogens with one attached hydrogen (secondary N) is 1. The van der Waals surface area contributed by atoms with E-state index >= 15 is 0 Å². The molecule has 1 atom stereocenters. The van der Waals surface area contributed by atoms with Gasteiger partial charge in [0.2, 0.25) is 11.8 Å². The maximum atomic E-state index is 12.6. The van der Waals surface area contributed by atoms with Gasteiger partial charge in [0.25, 0.3) is 0 Å². The molecular weight excluding hydrogens is 300 g/mol. The Balaban J connectivity index is 2.11. The van der Waals surface area contributed by atoms with Crippen LogP contribution in [0.5, 0.6) is 0 Å². The third-order valence-electron chi connectivity index (χ3n) is 3.61. The van der Waals surface area contributed by atoms with Crippen LogP contribution in [0.3, 0.4) is 0 Å². The van der Waals surface area contributed by atoms with E-state index in [-0.39, 0.29) is 11.8 Å². The van der Waals surface area contributed by atoms with Crippen molar-refractivity contribution < 1.29 is 9.59 Å². The van der Waals surface area contributed by atoms with Gasteiger partial charge in [-0.1, -0.05) is 35.4 Å². The quantitative estimate of drug-likeness (QED) is 0.848. The third-order valence-corrected chi connectivity index (χ3v) is 3.86. The molecule has 118 valence electrons. The minimum Gasteiger partial charge on any atom is -0.344 e. The first-order valence-electron chi connectivity index (χ1n) is 7.41. The van der Waals surface area contributed by atoms with Gasteiger partial charge in [-0.05, 0) is 38.0 Å². The highest BCUT2D eigenvalue weighted by Gasteiger charge is 2.30. The van der Waals surface area contributed by atoms with Crippen LogP contribution in [0.15, 0.2) is 35.9 Å². The monoisotopic (exact) mass is 320 g/mol. The summed E-state index contributed by atoms with van der Waals surface area (Å²) in [6.45, 7) is 5.05. The van der Waals surface area contributed by atoms with E-state index in [0.29, 0.717) is 31.0 Å². The summed E-state index contributed by atoms with van der Waals surface area (Å²) in [5.74, 6) is -0.0784. The molecule has 0 bridgehead atoms. The molecule has 0 aliphatic carbocycles. The standard InChI is InChI=1S/C17H21ClN2O2/c1-12(2)9-10-20(11-13-3-5-14(18)6-4-13)17(22)15-7-8-16(21)19-15/h3-6,9,15H,7-8,10-11H2,1-2H3,(H,19,21). The summed E-state index contributed by atoms with van der Waals surface area (Å²) in [7, 11) is 0. The molecule has 1 N–H and O–H groups in total. The zero-order chi connectivity index (χ0) is 16.1. The van der Waals surface area contributed by atoms with Crippen LogP contribution in [-0.4, -0.2) is 29.3 Å². The van der Waals surface area contributed by atoms with Crippen molar-refractivity contribution in [1.29, 1.82) is 0 Å². The van der Waals surface area contributed by atoms with E-state index < -0.39 is 6.04 Å². The lowest BCUT2D eigenvalue weighted by Gasteiger charge is -2.25. The minimum atomic E-state index is -0.398. The molecule has 1 aromatic carbocycles. The normalized spacial score (nSPS) is 17.0. The van der Waals surface area contributed by atoms with E-state index in [1.165, 1.54) is 0 Å². The van der Waals surface area contributed by atoms with E-state index in [9.17, 15) is 9.59 Å². The molecule has 1 aromatic rings. The van der Waals surface area contributed by atoms with Gasteiger partial charge in [0.15, 0.2) is 0 Å². The highest BCUT2D eigenvalue weighted by atomic mass is 35.5. The second-order valence-corrected chi connectivity index (χ2v) is 6.22. The fourth-order valence-corrected chi connectivity index (χ4v) is 2.48. The van der Waals surface area contributed by atoms with Gasteiger partial charge in [-0.15, -0.1) is 0 Å². The van der Waals surface area contributed by atoms with Crippen molar-refractivity contribution in [2.75, 3.05) is 6.54 Å². The van der Waals surface area contributed by atoms with Gasteiger partial charge in [0, 0.05) is 24.5 Å². The van der Waals surface area contributed by atoms with Crippen molar-refractivity contribution in [1.82, 2.24) is 10.2 Å². The Kier molecular flexibility index (Phi) is 5.61. The molecule has 1 unspecified atom stereocenters. The highest BCUT2D eigenvalue weighted by Crippen LogP contribution is 2.15. The topological polar surface area (TPSA) is 49.4 Å². The SMILES string of the molecule is CC(C)=CCN(Cc1ccc(Cl)cc1)C(=O)C1CCC(=O)N1. The first-order valence-corrected chi connectivity index (χ1v) is 7.79. The van der Waals surface area contributed by atoms with Crippen LogP contribution in [0.4, 0.5) is 0 Å². The number of carbonyl (C=O) groups is 2. The summed E-state index contributed by atoms with van der Waals surface area (Å²) < 4.78 is 0. The molecule has 22 heavy (non-hydrogen) atoms. The van der Waals surface area contributed by atoms with E-state index in [1.54, 1.807) is 4.90 Å². The maximum absolute atomic E-state index is 12.6. The zero-order valence-electron chi connectivity index (χ0n) is 12.9. The Bertz CT molecular complexity index is 577. The first-order chi connectivity index (χ1) is 10.5. The van der Waals surface area contributed by atoms with Crippen LogP contribution in [0, 0.1) is 0 Å². The Morgan fingerprint density at radius 2 is 2.05 bits per heavy atom. The number of hydrogen-bond donors (Lipinski definition) is 1. The Labute approximate surface area is 136 Å². The lowest BCUT2D eigenvalue weighted by molar-refractivity contribution is -0.134.